The minimum absolute atomic E-state index is 0.472. The maximum atomic E-state index is 5.53. The zero-order valence-electron chi connectivity index (χ0n) is 11.3. The van der Waals surface area contributed by atoms with Crippen LogP contribution in [-0.4, -0.2) is 20.2 Å². The summed E-state index contributed by atoms with van der Waals surface area (Å²) < 4.78 is 0. The quantitative estimate of drug-likeness (QED) is 0.557. The standard InChI is InChI=1S/C13H17N7/c1-8-11(15-7-10-3-2-6-16-20-10)17-13(9-4-5-9)18-12(8)19-14/h2-3,6,9H,4-5,7,14H2,1H3,(H2,15,17,18,19). The fourth-order valence-corrected chi connectivity index (χ4v) is 1.97. The van der Waals surface area contributed by atoms with Crippen LogP contribution in [0.2, 0.25) is 0 Å². The second-order valence-electron chi connectivity index (χ2n) is 4.89. The molecule has 20 heavy (non-hydrogen) atoms. The highest BCUT2D eigenvalue weighted by Gasteiger charge is 2.28. The molecule has 1 saturated carbocycles. The topological polar surface area (TPSA) is 102 Å². The predicted octanol–water partition coefficient (Wildman–Crippen LogP) is 1.35. The van der Waals surface area contributed by atoms with Gasteiger partial charge < -0.3 is 10.7 Å². The Morgan fingerprint density at radius 2 is 2.10 bits per heavy atom. The molecule has 3 rings (SSSR count). The van der Waals surface area contributed by atoms with Gasteiger partial charge in [-0.05, 0) is 31.9 Å². The first-order valence-electron chi connectivity index (χ1n) is 6.63. The molecule has 2 aromatic heterocycles. The van der Waals surface area contributed by atoms with E-state index in [0.717, 1.165) is 35.7 Å². The van der Waals surface area contributed by atoms with Crippen molar-refractivity contribution in [2.24, 2.45) is 5.84 Å². The van der Waals surface area contributed by atoms with Crippen molar-refractivity contribution in [2.45, 2.75) is 32.2 Å². The third-order valence-corrected chi connectivity index (χ3v) is 3.31. The molecule has 7 heteroatoms. The van der Waals surface area contributed by atoms with Gasteiger partial charge in [0.05, 0.1) is 12.2 Å². The van der Waals surface area contributed by atoms with Gasteiger partial charge in [0, 0.05) is 17.7 Å². The molecule has 0 bridgehead atoms. The molecule has 2 aromatic rings. The molecule has 104 valence electrons. The molecule has 0 saturated heterocycles. The minimum atomic E-state index is 0.472. The molecule has 0 spiro atoms. The number of nitrogens with one attached hydrogen (secondary N) is 2. The monoisotopic (exact) mass is 271 g/mol. The van der Waals surface area contributed by atoms with E-state index >= 15 is 0 Å². The van der Waals surface area contributed by atoms with Gasteiger partial charge in [0.25, 0.3) is 0 Å². The van der Waals surface area contributed by atoms with E-state index in [1.807, 2.05) is 19.1 Å². The Kier molecular flexibility index (Phi) is 3.42. The normalized spacial score (nSPS) is 14.1. The Bertz CT molecular complexity index is 595. The summed E-state index contributed by atoms with van der Waals surface area (Å²) in [7, 11) is 0. The van der Waals surface area contributed by atoms with Crippen LogP contribution in [0.4, 0.5) is 11.6 Å². The first-order valence-corrected chi connectivity index (χ1v) is 6.63. The molecule has 0 aromatic carbocycles. The van der Waals surface area contributed by atoms with Crippen molar-refractivity contribution in [3.63, 3.8) is 0 Å². The second-order valence-corrected chi connectivity index (χ2v) is 4.89. The fourth-order valence-electron chi connectivity index (χ4n) is 1.97. The lowest BCUT2D eigenvalue weighted by Crippen LogP contribution is -2.15. The van der Waals surface area contributed by atoms with Crippen LogP contribution in [0.5, 0.6) is 0 Å². The maximum absolute atomic E-state index is 5.53. The van der Waals surface area contributed by atoms with Gasteiger partial charge in [0.15, 0.2) is 0 Å². The zero-order chi connectivity index (χ0) is 13.9. The average Bonchev–Trinajstić information content (AvgIpc) is 3.32. The van der Waals surface area contributed by atoms with Crippen molar-refractivity contribution in [1.82, 2.24) is 20.2 Å². The Morgan fingerprint density at radius 1 is 1.30 bits per heavy atom. The highest BCUT2D eigenvalue weighted by molar-refractivity contribution is 5.57. The molecule has 1 aliphatic rings. The van der Waals surface area contributed by atoms with Gasteiger partial charge in [-0.1, -0.05) is 0 Å². The Labute approximate surface area is 117 Å². The first kappa shape index (κ1) is 12.7. The third kappa shape index (κ3) is 2.67. The number of rotatable bonds is 5. The summed E-state index contributed by atoms with van der Waals surface area (Å²) in [6, 6.07) is 3.78. The molecule has 0 unspecified atom stereocenters. The summed E-state index contributed by atoms with van der Waals surface area (Å²) in [4.78, 5) is 9.05. The summed E-state index contributed by atoms with van der Waals surface area (Å²) in [5, 5.41) is 11.2. The van der Waals surface area contributed by atoms with Gasteiger partial charge in [-0.15, -0.1) is 0 Å². The predicted molar refractivity (Wildman–Crippen MR) is 75.9 cm³/mol. The number of nitrogens with zero attached hydrogens (tertiary/aromatic N) is 4. The maximum Gasteiger partial charge on any atom is 0.148 e. The molecule has 1 fully saturated rings. The van der Waals surface area contributed by atoms with Crippen molar-refractivity contribution < 1.29 is 0 Å². The van der Waals surface area contributed by atoms with Gasteiger partial charge in [0.2, 0.25) is 0 Å². The molecular weight excluding hydrogens is 254 g/mol. The van der Waals surface area contributed by atoms with Gasteiger partial charge in [-0.2, -0.15) is 10.2 Å². The van der Waals surface area contributed by atoms with E-state index in [2.05, 4.69) is 30.9 Å². The van der Waals surface area contributed by atoms with Crippen molar-refractivity contribution in [1.29, 1.82) is 0 Å². The number of hydrogen-bond acceptors (Lipinski definition) is 7. The lowest BCUT2D eigenvalue weighted by atomic mass is 10.2. The van der Waals surface area contributed by atoms with Crippen molar-refractivity contribution in [2.75, 3.05) is 10.7 Å². The molecule has 0 amide bonds. The van der Waals surface area contributed by atoms with Crippen LogP contribution in [0, 0.1) is 6.92 Å². The minimum Gasteiger partial charge on any atom is -0.364 e. The fraction of sp³-hybridized carbons (Fsp3) is 0.385. The van der Waals surface area contributed by atoms with Crippen molar-refractivity contribution in [3.05, 3.63) is 35.4 Å². The molecular formula is C13H17N7. The van der Waals surface area contributed by atoms with E-state index in [1.54, 1.807) is 6.20 Å². The van der Waals surface area contributed by atoms with Crippen LogP contribution >= 0.6 is 0 Å². The van der Waals surface area contributed by atoms with Crippen LogP contribution in [-0.2, 0) is 6.54 Å². The van der Waals surface area contributed by atoms with Crippen LogP contribution in [0.15, 0.2) is 18.3 Å². The SMILES string of the molecule is Cc1c(NN)nc(C2CC2)nc1NCc1cccnn1. The highest BCUT2D eigenvalue weighted by atomic mass is 15.3. The molecule has 7 nitrogen and oxygen atoms in total. The molecule has 0 radical (unpaired) electrons. The van der Waals surface area contributed by atoms with Gasteiger partial charge in [0.1, 0.15) is 17.5 Å². The van der Waals surface area contributed by atoms with E-state index in [4.69, 9.17) is 5.84 Å². The van der Waals surface area contributed by atoms with E-state index in [9.17, 15) is 0 Å². The largest absolute Gasteiger partial charge is 0.364 e. The molecule has 1 aliphatic carbocycles. The van der Waals surface area contributed by atoms with E-state index in [0.29, 0.717) is 18.3 Å². The summed E-state index contributed by atoms with van der Waals surface area (Å²) in [6.07, 6.45) is 3.95. The van der Waals surface area contributed by atoms with Gasteiger partial charge in [-0.3, -0.25) is 0 Å². The molecule has 2 heterocycles. The number of anilines is 2. The molecule has 0 atom stereocenters. The van der Waals surface area contributed by atoms with Crippen molar-refractivity contribution >= 4 is 11.6 Å². The van der Waals surface area contributed by atoms with E-state index < -0.39 is 0 Å². The lowest BCUT2D eigenvalue weighted by molar-refractivity contribution is 0.890. The van der Waals surface area contributed by atoms with Crippen molar-refractivity contribution in [3.8, 4) is 0 Å². The zero-order valence-corrected chi connectivity index (χ0v) is 11.3. The lowest BCUT2D eigenvalue weighted by Gasteiger charge is -2.13. The number of nitrogen functional groups attached to an aromatic ring is 1. The third-order valence-electron chi connectivity index (χ3n) is 3.31. The number of nitrogens with two attached hydrogens (primary N) is 1. The number of hydrazine groups is 1. The van der Waals surface area contributed by atoms with Crippen LogP contribution < -0.4 is 16.6 Å². The van der Waals surface area contributed by atoms with Gasteiger partial charge in [-0.25, -0.2) is 15.8 Å². The highest BCUT2D eigenvalue weighted by Crippen LogP contribution is 2.39. The van der Waals surface area contributed by atoms with Crippen LogP contribution in [0.25, 0.3) is 0 Å². The van der Waals surface area contributed by atoms with E-state index in [1.165, 1.54) is 0 Å². The Morgan fingerprint density at radius 3 is 2.75 bits per heavy atom. The number of hydrogen-bond donors (Lipinski definition) is 3. The van der Waals surface area contributed by atoms with Gasteiger partial charge >= 0.3 is 0 Å². The summed E-state index contributed by atoms with van der Waals surface area (Å²) >= 11 is 0. The second kappa shape index (κ2) is 5.38. The summed E-state index contributed by atoms with van der Waals surface area (Å²) in [5.74, 6) is 8.31. The molecule has 4 N–H and O–H groups in total. The van der Waals surface area contributed by atoms with E-state index in [-0.39, 0.29) is 0 Å². The molecule has 0 aliphatic heterocycles. The van der Waals surface area contributed by atoms with Crippen LogP contribution in [0.1, 0.15) is 35.8 Å². The average molecular weight is 271 g/mol. The summed E-state index contributed by atoms with van der Waals surface area (Å²) in [5.41, 5.74) is 4.40. The number of aromatic nitrogens is 4. The Balaban J connectivity index is 1.82. The Hall–Kier alpha value is -2.28. The smallest absolute Gasteiger partial charge is 0.148 e. The summed E-state index contributed by atoms with van der Waals surface area (Å²) in [6.45, 7) is 2.50. The first-order chi connectivity index (χ1) is 9.78. The van der Waals surface area contributed by atoms with Crippen LogP contribution in [0.3, 0.4) is 0 Å².